The van der Waals surface area contributed by atoms with Crippen LogP contribution in [0.15, 0.2) is 24.3 Å². The summed E-state index contributed by atoms with van der Waals surface area (Å²) in [7, 11) is -7.84. The molecule has 9 rings (SSSR count). The minimum Gasteiger partial charge on any atom is -0.0691 e. The first-order valence-electron chi connectivity index (χ1n) is 15.8. The molecule has 0 bridgehead atoms. The maximum absolute atomic E-state index is 2.75. The molecule has 8 aliphatic rings. The first-order chi connectivity index (χ1) is 16.7. The molecular weight excluding hydrogens is 553 g/mol. The first-order valence-corrected chi connectivity index (χ1v) is 36.8. The van der Waals surface area contributed by atoms with E-state index in [0.717, 1.165) is 30.2 Å². The molecule has 0 heterocycles. The summed E-state index contributed by atoms with van der Waals surface area (Å²) in [4.78, 5) is 0. The van der Waals surface area contributed by atoms with E-state index < -0.39 is 48.4 Å². The van der Waals surface area contributed by atoms with Gasteiger partial charge in [0, 0.05) is 10.8 Å². The van der Waals surface area contributed by atoms with Crippen LogP contribution in [0.4, 0.5) is 0 Å². The van der Waals surface area contributed by atoms with Crippen LogP contribution in [0.5, 0.6) is 0 Å². The fraction of sp³-hybridized carbons (Fsp3) is 0.812. The second-order valence-electron chi connectivity index (χ2n) is 21.1. The maximum atomic E-state index is 2.75. The van der Waals surface area contributed by atoms with Crippen LogP contribution in [0.2, 0.25) is 148 Å². The highest BCUT2D eigenvalue weighted by molar-refractivity contribution is 7.07. The molecule has 1 aromatic rings. The third-order valence-corrected chi connectivity index (χ3v) is 36.5. The van der Waals surface area contributed by atoms with Gasteiger partial charge >= 0.3 is 0 Å². The molecule has 0 radical (unpaired) electrons. The Morgan fingerprint density at radius 2 is 0.421 bits per heavy atom. The van der Waals surface area contributed by atoms with Gasteiger partial charge in [0.25, 0.3) is 0 Å². The zero-order valence-corrected chi connectivity index (χ0v) is 34.3. The molecule has 0 spiro atoms. The summed E-state index contributed by atoms with van der Waals surface area (Å²) >= 11 is 0. The molecule has 0 atom stereocenters. The topological polar surface area (TPSA) is 0 Å². The summed E-state index contributed by atoms with van der Waals surface area (Å²) < 4.78 is 0. The Labute approximate surface area is 241 Å². The smallest absolute Gasteiger partial charge is 0.0525 e. The zero-order chi connectivity index (χ0) is 29.0. The van der Waals surface area contributed by atoms with Crippen LogP contribution < -0.4 is 0 Å². The fourth-order valence-corrected chi connectivity index (χ4v) is 58.3. The third kappa shape index (κ3) is 1.62. The van der Waals surface area contributed by atoms with Crippen molar-refractivity contribution in [1.29, 1.82) is 0 Å². The standard InChI is InChI=1S/C32H58Si6/c1-33(2,3)27-25(28(27,34(4,5)6)29(25,27)35(7,8)9)23-19-21-24(22-20-23)26-30(36(10,11)12)31(26,37(13,14)15)32(26,30)38(16,17)18/h19-22H,1-18H3. The second-order valence-corrected chi connectivity index (χ2v) is 52.6. The quantitative estimate of drug-likeness (QED) is 0.257. The molecule has 8 fully saturated rings. The molecule has 8 aliphatic carbocycles. The fourth-order valence-electron chi connectivity index (χ4n) is 16.5. The van der Waals surface area contributed by atoms with Crippen LogP contribution in [0, 0.1) is 0 Å². The number of benzene rings is 1. The van der Waals surface area contributed by atoms with Gasteiger partial charge in [-0.1, -0.05) is 142 Å². The molecule has 0 N–H and O–H groups in total. The van der Waals surface area contributed by atoms with E-state index in [-0.39, 0.29) is 0 Å². The van der Waals surface area contributed by atoms with Crippen molar-refractivity contribution in [2.24, 2.45) is 0 Å². The highest BCUT2D eigenvalue weighted by atomic mass is 28.3. The van der Waals surface area contributed by atoms with Crippen LogP contribution in [-0.4, -0.2) is 48.4 Å². The summed E-state index contributed by atoms with van der Waals surface area (Å²) in [6, 6.07) is 11.0. The van der Waals surface area contributed by atoms with Crippen LogP contribution in [0.1, 0.15) is 11.1 Å². The largest absolute Gasteiger partial charge is 0.0691 e. The average Bonchev–Trinajstić information content (AvgIpc) is 3.47. The second kappa shape index (κ2) is 5.60. The van der Waals surface area contributed by atoms with Gasteiger partial charge in [0.05, 0.1) is 48.4 Å². The van der Waals surface area contributed by atoms with Crippen molar-refractivity contribution in [3.8, 4) is 0 Å². The summed E-state index contributed by atoms with van der Waals surface area (Å²) in [5.41, 5.74) is 4.74. The Balaban J connectivity index is 1.36. The van der Waals surface area contributed by atoms with E-state index in [4.69, 9.17) is 0 Å². The molecule has 0 amide bonds. The van der Waals surface area contributed by atoms with Gasteiger partial charge in [0.15, 0.2) is 0 Å². The SMILES string of the molecule is C[Si](C)(C)C12C3(c4ccc(C56C7([Si](C)(C)C)C5([Si](C)(C)C)C67[Si](C)(C)C)cc4)C1([Si](C)(C)C)C32[Si](C)(C)C. The molecule has 38 heavy (non-hydrogen) atoms. The van der Waals surface area contributed by atoms with Crippen molar-refractivity contribution in [3.05, 3.63) is 35.4 Å². The Morgan fingerprint density at radius 3 is 0.526 bits per heavy atom. The normalized spacial score (nSPS) is 51.2. The molecular formula is C32H58Si6. The molecule has 8 saturated carbocycles. The molecule has 210 valence electrons. The van der Waals surface area contributed by atoms with Gasteiger partial charge in [0.1, 0.15) is 0 Å². The van der Waals surface area contributed by atoms with Crippen molar-refractivity contribution in [1.82, 2.24) is 0 Å². The van der Waals surface area contributed by atoms with Gasteiger partial charge in [-0.15, -0.1) is 0 Å². The lowest BCUT2D eigenvalue weighted by molar-refractivity contribution is 1.04. The maximum Gasteiger partial charge on any atom is 0.0525 e. The van der Waals surface area contributed by atoms with Crippen molar-refractivity contribution in [2.45, 2.75) is 159 Å². The van der Waals surface area contributed by atoms with Crippen LogP contribution in [0.25, 0.3) is 0 Å². The monoisotopic (exact) mass is 610 g/mol. The van der Waals surface area contributed by atoms with E-state index >= 15 is 0 Å². The van der Waals surface area contributed by atoms with Gasteiger partial charge in [-0.05, 0) is 41.4 Å². The van der Waals surface area contributed by atoms with Crippen LogP contribution in [-0.2, 0) is 10.8 Å². The Hall–Kier alpha value is 0.521. The van der Waals surface area contributed by atoms with Gasteiger partial charge in [-0.3, -0.25) is 0 Å². The molecule has 0 nitrogen and oxygen atoms in total. The highest BCUT2D eigenvalue weighted by Gasteiger charge is 3.40. The predicted octanol–water partition coefficient (Wildman–Crippen LogP) is 10.7. The summed E-state index contributed by atoms with van der Waals surface area (Å²) in [6.07, 6.45) is 0. The number of hydrogen-bond acceptors (Lipinski definition) is 0. The Bertz CT molecular complexity index is 1090. The molecule has 6 heteroatoms. The zero-order valence-electron chi connectivity index (χ0n) is 28.3. The molecule has 1 aromatic carbocycles. The van der Waals surface area contributed by atoms with E-state index in [9.17, 15) is 0 Å². The Kier molecular flexibility index (Phi) is 4.03. The van der Waals surface area contributed by atoms with E-state index in [1.165, 1.54) is 0 Å². The first kappa shape index (κ1) is 27.4. The predicted molar refractivity (Wildman–Crippen MR) is 186 cm³/mol. The minimum atomic E-state index is -1.31. The Morgan fingerprint density at radius 1 is 0.289 bits per heavy atom. The lowest BCUT2D eigenvalue weighted by Gasteiger charge is -2.20. The summed E-state index contributed by atoms with van der Waals surface area (Å²) in [5, 5.41) is 4.34. The van der Waals surface area contributed by atoms with E-state index in [2.05, 4.69) is 142 Å². The molecule has 0 aliphatic heterocycles. The third-order valence-electron chi connectivity index (χ3n) is 14.8. The molecule has 0 aromatic heterocycles. The minimum absolute atomic E-state index is 0.575. The highest BCUT2D eigenvalue weighted by Crippen LogP contribution is 3.50. The van der Waals surface area contributed by atoms with Gasteiger partial charge in [-0.2, -0.15) is 0 Å². The van der Waals surface area contributed by atoms with E-state index in [1.807, 2.05) is 0 Å². The molecule has 0 unspecified atom stereocenters. The average molecular weight is 611 g/mol. The van der Waals surface area contributed by atoms with Crippen molar-refractivity contribution in [3.63, 3.8) is 0 Å². The van der Waals surface area contributed by atoms with Gasteiger partial charge in [-0.25, -0.2) is 0 Å². The number of hydrogen-bond donors (Lipinski definition) is 0. The van der Waals surface area contributed by atoms with Crippen LogP contribution in [0.3, 0.4) is 0 Å². The van der Waals surface area contributed by atoms with Gasteiger partial charge in [0.2, 0.25) is 0 Å². The van der Waals surface area contributed by atoms with Crippen molar-refractivity contribution < 1.29 is 0 Å². The van der Waals surface area contributed by atoms with Gasteiger partial charge < -0.3 is 0 Å². The van der Waals surface area contributed by atoms with Crippen molar-refractivity contribution >= 4 is 48.4 Å². The van der Waals surface area contributed by atoms with Crippen LogP contribution >= 0.6 is 0 Å². The molecule has 0 saturated heterocycles. The van der Waals surface area contributed by atoms with E-state index in [1.54, 1.807) is 11.1 Å². The summed E-state index contributed by atoms with van der Waals surface area (Å²) in [6.45, 7) is 49.3. The summed E-state index contributed by atoms with van der Waals surface area (Å²) in [5.74, 6) is 0. The number of rotatable bonds is 8. The lowest BCUT2D eigenvalue weighted by atomic mass is 10.0. The van der Waals surface area contributed by atoms with Crippen molar-refractivity contribution in [2.75, 3.05) is 0 Å². The van der Waals surface area contributed by atoms with E-state index in [0.29, 0.717) is 10.8 Å². The lowest BCUT2D eigenvalue weighted by Crippen LogP contribution is -2.26.